The van der Waals surface area contributed by atoms with Gasteiger partial charge in [-0.1, -0.05) is 29.8 Å². The fraction of sp³-hybridized carbons (Fsp3) is 0.167. The fourth-order valence-corrected chi connectivity index (χ4v) is 3.36. The van der Waals surface area contributed by atoms with Crippen LogP contribution < -0.4 is 16.1 Å². The molecule has 1 aromatic heterocycles. The number of aromatic nitrogens is 2. The maximum absolute atomic E-state index is 12.7. The van der Waals surface area contributed by atoms with Gasteiger partial charge in [-0.3, -0.25) is 14.2 Å². The molecule has 6 nitrogen and oxygen atoms in total. The van der Waals surface area contributed by atoms with Crippen LogP contribution in [0.25, 0.3) is 10.9 Å². The Kier molecular flexibility index (Phi) is 3.69. The van der Waals surface area contributed by atoms with Crippen LogP contribution in [0.5, 0.6) is 0 Å². The zero-order chi connectivity index (χ0) is 17.6. The molecule has 0 radical (unpaired) electrons. The zero-order valence-electron chi connectivity index (χ0n) is 13.2. The van der Waals surface area contributed by atoms with Crippen molar-refractivity contribution < 1.29 is 4.79 Å². The molecule has 7 heteroatoms. The van der Waals surface area contributed by atoms with Gasteiger partial charge in [0.15, 0.2) is 0 Å². The van der Waals surface area contributed by atoms with Crippen molar-refractivity contribution in [3.05, 3.63) is 73.9 Å². The van der Waals surface area contributed by atoms with Crippen molar-refractivity contribution in [1.82, 2.24) is 9.55 Å². The first-order chi connectivity index (χ1) is 12.0. The predicted octanol–water partition coefficient (Wildman–Crippen LogP) is 1.93. The van der Waals surface area contributed by atoms with E-state index in [1.807, 2.05) is 24.3 Å². The standard InChI is InChI=1S/C18H14ClN3O3/c19-12-5-6-13-14(9-12)20-18(25)22(17(13)24)10-16(23)21-8-7-11-3-1-2-4-15(11)21/h1-6,9H,7-8,10H2,(H,20,25). The molecule has 1 aliphatic heterocycles. The molecular formula is C18H14ClN3O3. The van der Waals surface area contributed by atoms with Gasteiger partial charge in [-0.05, 0) is 36.2 Å². The van der Waals surface area contributed by atoms with E-state index in [0.717, 1.165) is 22.2 Å². The van der Waals surface area contributed by atoms with Crippen LogP contribution in [0.15, 0.2) is 52.1 Å². The van der Waals surface area contributed by atoms with Crippen molar-refractivity contribution in [2.24, 2.45) is 0 Å². The Balaban J connectivity index is 1.72. The van der Waals surface area contributed by atoms with Crippen LogP contribution in [0.1, 0.15) is 5.56 Å². The molecule has 0 unspecified atom stereocenters. The average Bonchev–Trinajstić information content (AvgIpc) is 3.02. The minimum Gasteiger partial charge on any atom is -0.310 e. The smallest absolute Gasteiger partial charge is 0.310 e. The largest absolute Gasteiger partial charge is 0.329 e. The van der Waals surface area contributed by atoms with Gasteiger partial charge in [0.2, 0.25) is 5.91 Å². The molecule has 0 fully saturated rings. The second-order valence-electron chi connectivity index (χ2n) is 5.94. The third-order valence-corrected chi connectivity index (χ3v) is 4.66. The first-order valence-corrected chi connectivity index (χ1v) is 8.23. The fourth-order valence-electron chi connectivity index (χ4n) is 3.19. The molecular weight excluding hydrogens is 342 g/mol. The van der Waals surface area contributed by atoms with E-state index in [-0.39, 0.29) is 12.5 Å². The summed E-state index contributed by atoms with van der Waals surface area (Å²) in [6.45, 7) is 0.245. The average molecular weight is 356 g/mol. The van der Waals surface area contributed by atoms with E-state index in [4.69, 9.17) is 11.6 Å². The molecule has 4 rings (SSSR count). The van der Waals surface area contributed by atoms with Gasteiger partial charge in [0.25, 0.3) is 5.56 Å². The third-order valence-electron chi connectivity index (χ3n) is 4.43. The quantitative estimate of drug-likeness (QED) is 0.763. The van der Waals surface area contributed by atoms with Gasteiger partial charge in [0.05, 0.1) is 10.9 Å². The predicted molar refractivity (Wildman–Crippen MR) is 96.3 cm³/mol. The minimum atomic E-state index is -0.624. The van der Waals surface area contributed by atoms with Crippen molar-refractivity contribution in [3.8, 4) is 0 Å². The number of amides is 1. The molecule has 0 bridgehead atoms. The normalized spacial score (nSPS) is 13.2. The number of halogens is 1. The van der Waals surface area contributed by atoms with E-state index < -0.39 is 11.2 Å². The summed E-state index contributed by atoms with van der Waals surface area (Å²) in [5.74, 6) is -0.286. The lowest BCUT2D eigenvalue weighted by Crippen LogP contribution is -2.42. The summed E-state index contributed by atoms with van der Waals surface area (Å²) in [6, 6.07) is 12.3. The highest BCUT2D eigenvalue weighted by molar-refractivity contribution is 6.31. The molecule has 0 spiro atoms. The first-order valence-electron chi connectivity index (χ1n) is 7.85. The number of aromatic amines is 1. The number of anilines is 1. The highest BCUT2D eigenvalue weighted by Gasteiger charge is 2.25. The molecule has 126 valence electrons. The third kappa shape index (κ3) is 2.64. The van der Waals surface area contributed by atoms with Crippen LogP contribution in [0.3, 0.4) is 0 Å². The first kappa shape index (κ1) is 15.7. The number of nitrogens with one attached hydrogen (secondary N) is 1. The SMILES string of the molecule is O=C(Cn1c(=O)[nH]c2cc(Cl)ccc2c1=O)N1CCc2ccccc21. The zero-order valence-corrected chi connectivity index (χ0v) is 13.9. The lowest BCUT2D eigenvalue weighted by molar-refractivity contribution is -0.119. The maximum atomic E-state index is 12.7. The van der Waals surface area contributed by atoms with Gasteiger partial charge >= 0.3 is 5.69 Å². The lowest BCUT2D eigenvalue weighted by atomic mass is 10.2. The van der Waals surface area contributed by atoms with E-state index in [1.54, 1.807) is 17.0 Å². The summed E-state index contributed by atoms with van der Waals surface area (Å²) in [6.07, 6.45) is 0.767. The van der Waals surface area contributed by atoms with Crippen molar-refractivity contribution in [2.75, 3.05) is 11.4 Å². The molecule has 1 N–H and O–H groups in total. The van der Waals surface area contributed by atoms with Crippen molar-refractivity contribution >= 4 is 34.1 Å². The lowest BCUT2D eigenvalue weighted by Gasteiger charge is -2.17. The second kappa shape index (κ2) is 5.89. The van der Waals surface area contributed by atoms with Crippen LogP contribution in [0, 0.1) is 0 Å². The van der Waals surface area contributed by atoms with Gasteiger partial charge in [-0.25, -0.2) is 4.79 Å². The van der Waals surface area contributed by atoms with E-state index in [1.165, 1.54) is 6.07 Å². The molecule has 1 amide bonds. The summed E-state index contributed by atoms with van der Waals surface area (Å²) >= 11 is 5.89. The Hall–Kier alpha value is -2.86. The molecule has 2 aromatic carbocycles. The van der Waals surface area contributed by atoms with Crippen molar-refractivity contribution in [1.29, 1.82) is 0 Å². The number of nitrogens with zero attached hydrogens (tertiary/aromatic N) is 2. The summed E-state index contributed by atoms with van der Waals surface area (Å²) in [5.41, 5.74) is 1.16. The van der Waals surface area contributed by atoms with Crippen LogP contribution in [-0.2, 0) is 17.8 Å². The Morgan fingerprint density at radius 2 is 1.96 bits per heavy atom. The number of H-pyrrole nitrogens is 1. The van der Waals surface area contributed by atoms with Crippen LogP contribution >= 0.6 is 11.6 Å². The summed E-state index contributed by atoms with van der Waals surface area (Å²) in [7, 11) is 0. The van der Waals surface area contributed by atoms with E-state index in [0.29, 0.717) is 22.5 Å². The van der Waals surface area contributed by atoms with Crippen molar-refractivity contribution in [2.45, 2.75) is 13.0 Å². The van der Waals surface area contributed by atoms with Gasteiger partial charge in [-0.2, -0.15) is 0 Å². The number of benzene rings is 2. The van der Waals surface area contributed by atoms with E-state index in [9.17, 15) is 14.4 Å². The van der Waals surface area contributed by atoms with Gasteiger partial charge < -0.3 is 9.88 Å². The van der Waals surface area contributed by atoms with Gasteiger partial charge in [0, 0.05) is 17.3 Å². The maximum Gasteiger partial charge on any atom is 0.329 e. The van der Waals surface area contributed by atoms with Gasteiger partial charge in [-0.15, -0.1) is 0 Å². The summed E-state index contributed by atoms with van der Waals surface area (Å²) in [4.78, 5) is 41.7. The van der Waals surface area contributed by atoms with Crippen molar-refractivity contribution in [3.63, 3.8) is 0 Å². The summed E-state index contributed by atoms with van der Waals surface area (Å²) < 4.78 is 0.930. The highest BCUT2D eigenvalue weighted by Crippen LogP contribution is 2.27. The Bertz CT molecular complexity index is 1120. The molecule has 0 saturated heterocycles. The van der Waals surface area contributed by atoms with Crippen LogP contribution in [0.2, 0.25) is 5.02 Å². The molecule has 1 aliphatic rings. The Morgan fingerprint density at radius 3 is 2.80 bits per heavy atom. The number of carbonyl (C=O) groups excluding carboxylic acids is 1. The Labute approximate surface area is 147 Å². The number of hydrogen-bond donors (Lipinski definition) is 1. The molecule has 25 heavy (non-hydrogen) atoms. The number of para-hydroxylation sites is 1. The van der Waals surface area contributed by atoms with Crippen LogP contribution in [0.4, 0.5) is 5.69 Å². The molecule has 3 aromatic rings. The number of hydrogen-bond acceptors (Lipinski definition) is 3. The molecule has 0 atom stereocenters. The second-order valence-corrected chi connectivity index (χ2v) is 6.37. The highest BCUT2D eigenvalue weighted by atomic mass is 35.5. The van der Waals surface area contributed by atoms with Gasteiger partial charge in [0.1, 0.15) is 6.54 Å². The monoisotopic (exact) mass is 355 g/mol. The number of rotatable bonds is 2. The molecule has 0 aliphatic carbocycles. The number of carbonyl (C=O) groups is 1. The number of fused-ring (bicyclic) bond motifs is 2. The topological polar surface area (TPSA) is 75.2 Å². The van der Waals surface area contributed by atoms with E-state index in [2.05, 4.69) is 4.98 Å². The molecule has 0 saturated carbocycles. The Morgan fingerprint density at radius 1 is 1.16 bits per heavy atom. The molecule has 2 heterocycles. The summed E-state index contributed by atoms with van der Waals surface area (Å²) in [5, 5.41) is 0.740. The van der Waals surface area contributed by atoms with Crippen LogP contribution in [-0.4, -0.2) is 22.0 Å². The minimum absolute atomic E-state index is 0.286. The van der Waals surface area contributed by atoms with E-state index >= 15 is 0 Å².